The highest BCUT2D eigenvalue weighted by Crippen LogP contribution is 2.38. The molecule has 250 valence electrons. The van der Waals surface area contributed by atoms with Crippen LogP contribution >= 0.6 is 35.0 Å². The van der Waals surface area contributed by atoms with Gasteiger partial charge in [0.2, 0.25) is 0 Å². The fourth-order valence-electron chi connectivity index (χ4n) is 5.21. The molecule has 49 heavy (non-hydrogen) atoms. The third-order valence-electron chi connectivity index (χ3n) is 7.73. The number of imide groups is 1. The van der Waals surface area contributed by atoms with E-state index in [1.54, 1.807) is 42.5 Å². The van der Waals surface area contributed by atoms with Crippen molar-refractivity contribution in [1.82, 2.24) is 23.6 Å². The van der Waals surface area contributed by atoms with Gasteiger partial charge in [0.05, 0.1) is 30.0 Å². The average molecular weight is 724 g/mol. The van der Waals surface area contributed by atoms with Crippen molar-refractivity contribution in [3.05, 3.63) is 123 Å². The summed E-state index contributed by atoms with van der Waals surface area (Å²) in [5.74, 6) is -0.197. The highest BCUT2D eigenvalue weighted by atomic mass is 35.5. The second-order valence-electron chi connectivity index (χ2n) is 10.8. The molecule has 1 saturated heterocycles. The largest absolute Gasteiger partial charge is 0.493 e. The lowest BCUT2D eigenvalue weighted by Crippen LogP contribution is -2.37. The highest BCUT2D eigenvalue weighted by Gasteiger charge is 2.36. The minimum absolute atomic E-state index is 0.0395. The van der Waals surface area contributed by atoms with Crippen LogP contribution in [0.4, 0.5) is 10.5 Å². The molecule has 0 unspecified atom stereocenters. The average Bonchev–Trinajstić information content (AvgIpc) is 3.56. The Morgan fingerprint density at radius 3 is 2.41 bits per heavy atom. The molecule has 3 aromatic carbocycles. The van der Waals surface area contributed by atoms with E-state index in [-0.39, 0.29) is 57.9 Å². The Bertz CT molecular complexity index is 2370. The summed E-state index contributed by atoms with van der Waals surface area (Å²) in [7, 11) is 4.25. The topological polar surface area (TPSA) is 161 Å². The van der Waals surface area contributed by atoms with E-state index < -0.39 is 27.3 Å². The molecular weight excluding hydrogens is 699 g/mol. The third-order valence-corrected chi connectivity index (χ3v) is 9.23. The van der Waals surface area contributed by atoms with Crippen molar-refractivity contribution >= 4 is 69.0 Å². The lowest BCUT2D eigenvalue weighted by molar-refractivity contribution is -0.385. The standard InChI is InChI=1S/C32H24Cl2N6O8S/c1-36-27-26(29(42)37(2)31(36)43)38(15-18-9-10-20(33)14-21(18)34)30(35-27)48-23-11-8-17(12-24(23)47-3)13-25-28(41)39(32(44)49-25)16-19-6-4-5-7-22(19)40(45)46/h4-14H,15-16H2,1-3H3. The number of carbonyl (C=O) groups excluding carboxylic acids is 2. The minimum atomic E-state index is -0.603. The van der Waals surface area contributed by atoms with Crippen LogP contribution in [0.1, 0.15) is 16.7 Å². The van der Waals surface area contributed by atoms with E-state index in [1.807, 2.05) is 0 Å². The van der Waals surface area contributed by atoms with Crippen molar-refractivity contribution in [2.45, 2.75) is 13.1 Å². The first-order valence-electron chi connectivity index (χ1n) is 14.3. The zero-order chi connectivity index (χ0) is 35.1. The lowest BCUT2D eigenvalue weighted by atomic mass is 10.1. The number of fused-ring (bicyclic) bond motifs is 1. The summed E-state index contributed by atoms with van der Waals surface area (Å²) >= 11 is 13.3. The van der Waals surface area contributed by atoms with Gasteiger partial charge in [0, 0.05) is 35.8 Å². The quantitative estimate of drug-likeness (QED) is 0.104. The summed E-state index contributed by atoms with van der Waals surface area (Å²) in [5.41, 5.74) is 0.121. The number of nitro benzene ring substituents is 1. The van der Waals surface area contributed by atoms with Crippen LogP contribution < -0.4 is 20.7 Å². The number of imidazole rings is 1. The molecule has 1 fully saturated rings. The first-order chi connectivity index (χ1) is 23.4. The van der Waals surface area contributed by atoms with Crippen LogP contribution in [0.2, 0.25) is 10.0 Å². The van der Waals surface area contributed by atoms with Crippen molar-refractivity contribution in [3.8, 4) is 17.5 Å². The molecule has 0 bridgehead atoms. The van der Waals surface area contributed by atoms with Crippen LogP contribution in [-0.2, 0) is 32.0 Å². The lowest BCUT2D eigenvalue weighted by Gasteiger charge is -2.14. The number of methoxy groups -OCH3 is 1. The van der Waals surface area contributed by atoms with E-state index in [2.05, 4.69) is 4.98 Å². The molecule has 0 N–H and O–H groups in total. The Hall–Kier alpha value is -5.38. The van der Waals surface area contributed by atoms with E-state index >= 15 is 0 Å². The Morgan fingerprint density at radius 2 is 1.69 bits per heavy atom. The van der Waals surface area contributed by atoms with Gasteiger partial charge in [-0.2, -0.15) is 4.98 Å². The van der Waals surface area contributed by atoms with Crippen LogP contribution in [-0.4, -0.2) is 46.8 Å². The Kier molecular flexibility index (Phi) is 9.07. The summed E-state index contributed by atoms with van der Waals surface area (Å²) in [5, 5.41) is 11.6. The molecule has 0 spiro atoms. The van der Waals surface area contributed by atoms with Gasteiger partial charge in [0.15, 0.2) is 22.7 Å². The molecule has 0 saturated carbocycles. The molecule has 17 heteroatoms. The number of ether oxygens (including phenoxy) is 2. The first kappa shape index (κ1) is 33.5. The van der Waals surface area contributed by atoms with Gasteiger partial charge in [0.1, 0.15) is 0 Å². The van der Waals surface area contributed by atoms with E-state index in [1.165, 1.54) is 54.6 Å². The van der Waals surface area contributed by atoms with Gasteiger partial charge in [-0.05, 0) is 53.2 Å². The van der Waals surface area contributed by atoms with Gasteiger partial charge < -0.3 is 9.47 Å². The highest BCUT2D eigenvalue weighted by molar-refractivity contribution is 8.18. The molecule has 2 aromatic heterocycles. The molecule has 1 aliphatic heterocycles. The fourth-order valence-corrected chi connectivity index (χ4v) is 6.52. The van der Waals surface area contributed by atoms with Crippen molar-refractivity contribution in [1.29, 1.82) is 0 Å². The summed E-state index contributed by atoms with van der Waals surface area (Å²) in [4.78, 5) is 68.4. The van der Waals surface area contributed by atoms with Gasteiger partial charge in [-0.3, -0.25) is 43.1 Å². The zero-order valence-corrected chi connectivity index (χ0v) is 28.2. The molecule has 0 aliphatic carbocycles. The van der Waals surface area contributed by atoms with Crippen LogP contribution in [0, 0.1) is 10.1 Å². The molecular formula is C32H24Cl2N6O8S. The first-order valence-corrected chi connectivity index (χ1v) is 15.9. The number of nitrogens with zero attached hydrogens (tertiary/aromatic N) is 6. The summed E-state index contributed by atoms with van der Waals surface area (Å²) in [6.07, 6.45) is 1.49. The number of rotatable bonds is 9. The molecule has 1 aliphatic rings. The predicted molar refractivity (Wildman–Crippen MR) is 183 cm³/mol. The molecule has 0 radical (unpaired) electrons. The van der Waals surface area contributed by atoms with Crippen LogP contribution in [0.5, 0.6) is 17.5 Å². The summed E-state index contributed by atoms with van der Waals surface area (Å²) in [6.45, 7) is -0.218. The molecule has 6 rings (SSSR count). The Balaban J connectivity index is 1.34. The second kappa shape index (κ2) is 13.3. The Labute approximate surface area is 290 Å². The molecule has 3 heterocycles. The number of amides is 2. The van der Waals surface area contributed by atoms with Crippen molar-refractivity contribution in [3.63, 3.8) is 0 Å². The smallest absolute Gasteiger partial charge is 0.332 e. The normalized spacial score (nSPS) is 13.9. The van der Waals surface area contributed by atoms with Gasteiger partial charge in [-0.25, -0.2) is 4.79 Å². The number of benzene rings is 3. The molecule has 2 amide bonds. The van der Waals surface area contributed by atoms with E-state index in [0.717, 1.165) is 9.47 Å². The van der Waals surface area contributed by atoms with Crippen LogP contribution in [0.3, 0.4) is 0 Å². The van der Waals surface area contributed by atoms with E-state index in [0.29, 0.717) is 32.9 Å². The fraction of sp³-hybridized carbons (Fsp3) is 0.156. The monoisotopic (exact) mass is 722 g/mol. The maximum absolute atomic E-state index is 13.3. The van der Waals surface area contributed by atoms with E-state index in [4.69, 9.17) is 32.7 Å². The number of hydrogen-bond acceptors (Lipinski definition) is 10. The molecule has 0 atom stereocenters. The number of nitro groups is 1. The molecule has 5 aromatic rings. The number of halogens is 2. The SMILES string of the molecule is COc1cc(C=C2SC(=O)N(Cc3ccccc3[N+](=O)[O-])C2=O)ccc1Oc1nc2c(c(=O)n(C)c(=O)n2C)n1Cc1ccc(Cl)cc1Cl. The van der Waals surface area contributed by atoms with Crippen molar-refractivity contribution < 1.29 is 24.0 Å². The summed E-state index contributed by atoms with van der Waals surface area (Å²) in [6, 6.07) is 15.5. The minimum Gasteiger partial charge on any atom is -0.493 e. The zero-order valence-electron chi connectivity index (χ0n) is 25.9. The number of thioether (sulfide) groups is 1. The maximum Gasteiger partial charge on any atom is 0.332 e. The van der Waals surface area contributed by atoms with Crippen molar-refractivity contribution in [2.75, 3.05) is 7.11 Å². The number of aromatic nitrogens is 4. The summed E-state index contributed by atoms with van der Waals surface area (Å²) < 4.78 is 15.5. The van der Waals surface area contributed by atoms with Crippen molar-refractivity contribution in [2.24, 2.45) is 14.1 Å². The second-order valence-corrected chi connectivity index (χ2v) is 12.6. The maximum atomic E-state index is 13.3. The number of aryl methyl sites for hydroxylation is 1. The molecule has 14 nitrogen and oxygen atoms in total. The number of hydrogen-bond donors (Lipinski definition) is 0. The van der Waals surface area contributed by atoms with Gasteiger partial charge in [-0.1, -0.05) is 53.5 Å². The van der Waals surface area contributed by atoms with Gasteiger partial charge in [0.25, 0.3) is 22.4 Å². The van der Waals surface area contributed by atoms with Crippen LogP contribution in [0.15, 0.2) is 75.2 Å². The van der Waals surface area contributed by atoms with Crippen LogP contribution in [0.25, 0.3) is 17.2 Å². The van der Waals surface area contributed by atoms with Gasteiger partial charge in [-0.15, -0.1) is 0 Å². The number of para-hydroxylation sites is 1. The Morgan fingerprint density at radius 1 is 0.939 bits per heavy atom. The predicted octanol–water partition coefficient (Wildman–Crippen LogP) is 5.73. The van der Waals surface area contributed by atoms with E-state index in [9.17, 15) is 29.3 Å². The van der Waals surface area contributed by atoms with Gasteiger partial charge >= 0.3 is 11.7 Å². The number of carbonyl (C=O) groups is 2. The third kappa shape index (κ3) is 6.30.